The molecule has 1 aliphatic rings. The average Bonchev–Trinajstić information content (AvgIpc) is 3.00. The summed E-state index contributed by atoms with van der Waals surface area (Å²) >= 11 is 1.46. The summed E-state index contributed by atoms with van der Waals surface area (Å²) in [5.41, 5.74) is 0. The Bertz CT molecular complexity index is 401. The Kier molecular flexibility index (Phi) is 4.66. The number of rotatable bonds is 7. The van der Waals surface area contributed by atoms with Crippen LogP contribution in [0.25, 0.3) is 0 Å². The molecule has 1 heterocycles. The van der Waals surface area contributed by atoms with Gasteiger partial charge in [-0.15, -0.1) is 10.2 Å². The second kappa shape index (κ2) is 6.24. The molecule has 0 spiro atoms. The first-order valence-corrected chi connectivity index (χ1v) is 7.28. The molecule has 0 saturated heterocycles. The molecule has 1 saturated carbocycles. The molecule has 100 valence electrons. The highest BCUT2D eigenvalue weighted by molar-refractivity contribution is 7.15. The van der Waals surface area contributed by atoms with E-state index in [0.29, 0.717) is 17.6 Å². The van der Waals surface area contributed by atoms with Gasteiger partial charge in [0, 0.05) is 6.42 Å². The van der Waals surface area contributed by atoms with Crippen LogP contribution in [0, 0.1) is 11.8 Å². The van der Waals surface area contributed by atoms with Crippen molar-refractivity contribution in [1.29, 1.82) is 0 Å². The van der Waals surface area contributed by atoms with Gasteiger partial charge in [-0.3, -0.25) is 10.1 Å². The smallest absolute Gasteiger partial charge is 0.240 e. The van der Waals surface area contributed by atoms with E-state index in [1.165, 1.54) is 24.2 Å². The molecule has 0 aliphatic heterocycles. The molecular formula is C12H20N4OS. The zero-order chi connectivity index (χ0) is 13.0. The minimum absolute atomic E-state index is 0.0390. The first-order chi connectivity index (χ1) is 8.63. The largest absolute Gasteiger partial charge is 0.308 e. The van der Waals surface area contributed by atoms with Crippen molar-refractivity contribution in [1.82, 2.24) is 15.5 Å². The van der Waals surface area contributed by atoms with Crippen LogP contribution in [0.3, 0.4) is 0 Å². The van der Waals surface area contributed by atoms with Gasteiger partial charge in [-0.2, -0.15) is 0 Å². The van der Waals surface area contributed by atoms with E-state index < -0.39 is 0 Å². The first kappa shape index (κ1) is 13.4. The lowest BCUT2D eigenvalue weighted by Gasteiger charge is -2.02. The highest BCUT2D eigenvalue weighted by Crippen LogP contribution is 2.27. The summed E-state index contributed by atoms with van der Waals surface area (Å²) in [6.07, 6.45) is 3.50. The molecule has 1 aliphatic carbocycles. The van der Waals surface area contributed by atoms with Crippen LogP contribution < -0.4 is 10.6 Å². The molecule has 18 heavy (non-hydrogen) atoms. The Labute approximate surface area is 111 Å². The van der Waals surface area contributed by atoms with Gasteiger partial charge in [0.15, 0.2) is 0 Å². The van der Waals surface area contributed by atoms with Crippen LogP contribution in [-0.4, -0.2) is 29.2 Å². The molecule has 1 aromatic heterocycles. The maximum absolute atomic E-state index is 11.6. The van der Waals surface area contributed by atoms with Crippen LogP contribution in [-0.2, 0) is 11.2 Å². The van der Waals surface area contributed by atoms with Crippen LogP contribution in [0.2, 0.25) is 0 Å². The Morgan fingerprint density at radius 3 is 2.89 bits per heavy atom. The Morgan fingerprint density at radius 2 is 2.22 bits per heavy atom. The van der Waals surface area contributed by atoms with Crippen molar-refractivity contribution in [3.8, 4) is 0 Å². The molecule has 0 aromatic carbocycles. The van der Waals surface area contributed by atoms with Gasteiger partial charge in [-0.05, 0) is 31.2 Å². The second-order valence-corrected chi connectivity index (χ2v) is 6.28. The first-order valence-electron chi connectivity index (χ1n) is 6.46. The number of carbonyl (C=O) groups excluding carboxylic acids is 1. The molecule has 1 fully saturated rings. The van der Waals surface area contributed by atoms with Crippen molar-refractivity contribution >= 4 is 22.4 Å². The zero-order valence-corrected chi connectivity index (χ0v) is 11.7. The van der Waals surface area contributed by atoms with Crippen molar-refractivity contribution in [2.45, 2.75) is 33.1 Å². The predicted octanol–water partition coefficient (Wildman–Crippen LogP) is 1.67. The van der Waals surface area contributed by atoms with Gasteiger partial charge in [0.25, 0.3) is 0 Å². The summed E-state index contributed by atoms with van der Waals surface area (Å²) in [6.45, 7) is 5.58. The van der Waals surface area contributed by atoms with E-state index in [-0.39, 0.29) is 5.91 Å². The number of nitrogens with one attached hydrogen (secondary N) is 2. The lowest BCUT2D eigenvalue weighted by atomic mass is 10.1. The van der Waals surface area contributed by atoms with E-state index >= 15 is 0 Å². The Balaban J connectivity index is 1.70. The van der Waals surface area contributed by atoms with Gasteiger partial charge >= 0.3 is 0 Å². The molecule has 5 nitrogen and oxygen atoms in total. The summed E-state index contributed by atoms with van der Waals surface area (Å²) in [7, 11) is 0. The van der Waals surface area contributed by atoms with Gasteiger partial charge in [0.2, 0.25) is 11.0 Å². The summed E-state index contributed by atoms with van der Waals surface area (Å²) in [6, 6.07) is 0. The standard InChI is InChI=1S/C12H20N4OS/c1-8(2)5-11-15-16-12(18-11)14-10(17)7-13-6-9-3-4-9/h8-9,13H,3-7H2,1-2H3,(H,14,16,17). The van der Waals surface area contributed by atoms with Gasteiger partial charge in [0.1, 0.15) is 5.01 Å². The predicted molar refractivity (Wildman–Crippen MR) is 72.7 cm³/mol. The molecule has 6 heteroatoms. The van der Waals surface area contributed by atoms with Crippen LogP contribution in [0.5, 0.6) is 0 Å². The third kappa shape index (κ3) is 4.70. The summed E-state index contributed by atoms with van der Waals surface area (Å²) in [5.74, 6) is 1.31. The lowest BCUT2D eigenvalue weighted by Crippen LogP contribution is -2.29. The number of amides is 1. The fourth-order valence-electron chi connectivity index (χ4n) is 1.61. The van der Waals surface area contributed by atoms with Crippen LogP contribution in [0.4, 0.5) is 5.13 Å². The van der Waals surface area contributed by atoms with Gasteiger partial charge < -0.3 is 5.32 Å². The molecule has 0 radical (unpaired) electrons. The number of hydrogen-bond donors (Lipinski definition) is 2. The number of anilines is 1. The van der Waals surface area contributed by atoms with Crippen LogP contribution in [0.15, 0.2) is 0 Å². The van der Waals surface area contributed by atoms with E-state index in [2.05, 4.69) is 34.7 Å². The normalized spacial score (nSPS) is 15.1. The van der Waals surface area contributed by atoms with Gasteiger partial charge in [-0.1, -0.05) is 25.2 Å². The summed E-state index contributed by atoms with van der Waals surface area (Å²) in [5, 5.41) is 15.5. The Morgan fingerprint density at radius 1 is 1.44 bits per heavy atom. The number of nitrogens with zero attached hydrogens (tertiary/aromatic N) is 2. The van der Waals surface area contributed by atoms with E-state index in [1.807, 2.05) is 0 Å². The highest BCUT2D eigenvalue weighted by atomic mass is 32.1. The quantitative estimate of drug-likeness (QED) is 0.789. The van der Waals surface area contributed by atoms with E-state index in [4.69, 9.17) is 0 Å². The number of hydrogen-bond acceptors (Lipinski definition) is 5. The molecule has 2 N–H and O–H groups in total. The fourth-order valence-corrected chi connectivity index (χ4v) is 2.58. The van der Waals surface area contributed by atoms with Crippen molar-refractivity contribution in [3.63, 3.8) is 0 Å². The molecule has 1 aromatic rings. The minimum Gasteiger partial charge on any atom is -0.308 e. The molecule has 0 bridgehead atoms. The molecule has 0 unspecified atom stereocenters. The van der Waals surface area contributed by atoms with Crippen molar-refractivity contribution in [2.24, 2.45) is 11.8 Å². The highest BCUT2D eigenvalue weighted by Gasteiger charge is 2.20. The second-order valence-electron chi connectivity index (χ2n) is 5.22. The average molecular weight is 268 g/mol. The Hall–Kier alpha value is -1.01. The van der Waals surface area contributed by atoms with Gasteiger partial charge in [0.05, 0.1) is 6.54 Å². The van der Waals surface area contributed by atoms with E-state index in [0.717, 1.165) is 23.9 Å². The number of aromatic nitrogens is 2. The topological polar surface area (TPSA) is 66.9 Å². The maximum Gasteiger partial charge on any atom is 0.240 e. The van der Waals surface area contributed by atoms with Crippen molar-refractivity contribution < 1.29 is 4.79 Å². The lowest BCUT2D eigenvalue weighted by molar-refractivity contribution is -0.115. The summed E-state index contributed by atoms with van der Waals surface area (Å²) in [4.78, 5) is 11.6. The monoisotopic (exact) mass is 268 g/mol. The van der Waals surface area contributed by atoms with Crippen LogP contribution >= 0.6 is 11.3 Å². The fraction of sp³-hybridized carbons (Fsp3) is 0.750. The minimum atomic E-state index is -0.0390. The molecule has 0 atom stereocenters. The molecular weight excluding hydrogens is 248 g/mol. The van der Waals surface area contributed by atoms with Crippen molar-refractivity contribution in [2.75, 3.05) is 18.4 Å². The molecule has 2 rings (SSSR count). The molecule has 1 amide bonds. The number of carbonyl (C=O) groups is 1. The van der Waals surface area contributed by atoms with Crippen LogP contribution in [0.1, 0.15) is 31.7 Å². The summed E-state index contributed by atoms with van der Waals surface area (Å²) < 4.78 is 0. The SMILES string of the molecule is CC(C)Cc1nnc(NC(=O)CNCC2CC2)s1. The third-order valence-electron chi connectivity index (χ3n) is 2.71. The third-order valence-corrected chi connectivity index (χ3v) is 3.57. The van der Waals surface area contributed by atoms with E-state index in [9.17, 15) is 4.79 Å². The van der Waals surface area contributed by atoms with Crippen molar-refractivity contribution in [3.05, 3.63) is 5.01 Å². The zero-order valence-electron chi connectivity index (χ0n) is 10.9. The van der Waals surface area contributed by atoms with Gasteiger partial charge in [-0.25, -0.2) is 0 Å². The maximum atomic E-state index is 11.6. The van der Waals surface area contributed by atoms with E-state index in [1.54, 1.807) is 0 Å².